The van der Waals surface area contributed by atoms with E-state index in [0.717, 1.165) is 24.9 Å². The first kappa shape index (κ1) is 16.4. The summed E-state index contributed by atoms with van der Waals surface area (Å²) in [6.45, 7) is 1.01. The van der Waals surface area contributed by atoms with E-state index in [9.17, 15) is 4.79 Å². The molecule has 3 rings (SSSR count). The number of hydrogen-bond acceptors (Lipinski definition) is 4. The number of carbonyl (C=O) groups is 1. The minimum Gasteiger partial charge on any atom is -0.323 e. The summed E-state index contributed by atoms with van der Waals surface area (Å²) in [5.74, 6) is 0.663. The van der Waals surface area contributed by atoms with Gasteiger partial charge >= 0.3 is 0 Å². The lowest BCUT2D eigenvalue weighted by Gasteiger charge is -2.10. The van der Waals surface area contributed by atoms with Crippen molar-refractivity contribution >= 4 is 24.0 Å². The second kappa shape index (κ2) is 7.87. The maximum Gasteiger partial charge on any atom is 0.226 e. The van der Waals surface area contributed by atoms with Crippen LogP contribution in [0.3, 0.4) is 0 Å². The monoisotopic (exact) mass is 318 g/mol. The maximum atomic E-state index is 11.9. The molecule has 1 aliphatic heterocycles. The van der Waals surface area contributed by atoms with Gasteiger partial charge in [-0.15, -0.1) is 12.4 Å². The molecule has 0 aliphatic carbocycles. The van der Waals surface area contributed by atoms with Gasteiger partial charge in [0.15, 0.2) is 5.82 Å². The van der Waals surface area contributed by atoms with Gasteiger partial charge in [0.2, 0.25) is 5.91 Å². The molecule has 6 heteroatoms. The van der Waals surface area contributed by atoms with Crippen LogP contribution < -0.4 is 10.6 Å². The zero-order chi connectivity index (χ0) is 14.5. The van der Waals surface area contributed by atoms with Gasteiger partial charge in [-0.25, -0.2) is 9.97 Å². The molecule has 0 radical (unpaired) electrons. The summed E-state index contributed by atoms with van der Waals surface area (Å²) in [7, 11) is 0. The van der Waals surface area contributed by atoms with Crippen LogP contribution in [0.5, 0.6) is 0 Å². The minimum absolute atomic E-state index is 0. The highest BCUT2D eigenvalue weighted by Gasteiger charge is 2.17. The van der Waals surface area contributed by atoms with Gasteiger partial charge in [0, 0.05) is 18.0 Å². The van der Waals surface area contributed by atoms with Crippen molar-refractivity contribution in [2.75, 3.05) is 11.9 Å². The van der Waals surface area contributed by atoms with Crippen molar-refractivity contribution in [1.82, 2.24) is 15.3 Å². The Hall–Kier alpha value is -1.98. The number of amides is 1. The molecule has 1 aromatic carbocycles. The molecular formula is C16H19ClN4O. The van der Waals surface area contributed by atoms with E-state index in [-0.39, 0.29) is 18.3 Å². The molecule has 1 aromatic heterocycles. The minimum atomic E-state index is 0. The number of hydrogen-bond donors (Lipinski definition) is 2. The fraction of sp³-hybridized carbons (Fsp3) is 0.312. The summed E-state index contributed by atoms with van der Waals surface area (Å²) in [5.41, 5.74) is 1.60. The summed E-state index contributed by atoms with van der Waals surface area (Å²) < 4.78 is 0. The number of rotatable bonds is 4. The smallest absolute Gasteiger partial charge is 0.226 e. The van der Waals surface area contributed by atoms with E-state index in [1.807, 2.05) is 30.3 Å². The molecule has 1 saturated heterocycles. The van der Waals surface area contributed by atoms with E-state index in [0.29, 0.717) is 24.0 Å². The van der Waals surface area contributed by atoms with Crippen LogP contribution in [0.25, 0.3) is 11.4 Å². The van der Waals surface area contributed by atoms with E-state index >= 15 is 0 Å². The molecule has 1 amide bonds. The molecule has 5 nitrogen and oxygen atoms in total. The molecule has 1 atom stereocenters. The number of benzene rings is 1. The van der Waals surface area contributed by atoms with Crippen molar-refractivity contribution in [3.63, 3.8) is 0 Å². The number of carbonyl (C=O) groups excluding carboxylic acids is 1. The summed E-state index contributed by atoms with van der Waals surface area (Å²) in [4.78, 5) is 20.5. The van der Waals surface area contributed by atoms with Gasteiger partial charge in [-0.2, -0.15) is 0 Å². The van der Waals surface area contributed by atoms with E-state index in [1.165, 1.54) is 0 Å². The van der Waals surface area contributed by atoms with Crippen LogP contribution in [-0.2, 0) is 4.79 Å². The Bertz CT molecular complexity index is 597. The average Bonchev–Trinajstić information content (AvgIpc) is 3.02. The largest absolute Gasteiger partial charge is 0.323 e. The van der Waals surface area contributed by atoms with Gasteiger partial charge in [0.25, 0.3) is 0 Å². The predicted octanol–water partition coefficient (Wildman–Crippen LogP) is 2.65. The molecule has 0 spiro atoms. The van der Waals surface area contributed by atoms with Crippen molar-refractivity contribution in [1.29, 1.82) is 0 Å². The zero-order valence-electron chi connectivity index (χ0n) is 12.2. The van der Waals surface area contributed by atoms with Gasteiger partial charge in [0.1, 0.15) is 0 Å². The van der Waals surface area contributed by atoms with Crippen molar-refractivity contribution in [3.05, 3.63) is 42.7 Å². The first-order valence-electron chi connectivity index (χ1n) is 7.22. The van der Waals surface area contributed by atoms with Crippen LogP contribution >= 0.6 is 12.4 Å². The summed E-state index contributed by atoms with van der Waals surface area (Å²) in [6.07, 6.45) is 6.01. The number of anilines is 1. The zero-order valence-corrected chi connectivity index (χ0v) is 13.0. The van der Waals surface area contributed by atoms with Crippen LogP contribution in [0, 0.1) is 0 Å². The number of halogens is 1. The Kier molecular flexibility index (Phi) is 5.86. The van der Waals surface area contributed by atoms with Crippen LogP contribution in [0.4, 0.5) is 5.69 Å². The third-order valence-electron chi connectivity index (χ3n) is 3.56. The van der Waals surface area contributed by atoms with Gasteiger partial charge in [-0.05, 0) is 19.4 Å². The molecule has 1 aliphatic rings. The van der Waals surface area contributed by atoms with Crippen LogP contribution in [-0.4, -0.2) is 28.5 Å². The molecule has 0 saturated carbocycles. The van der Waals surface area contributed by atoms with Gasteiger partial charge in [0.05, 0.1) is 18.1 Å². The lowest BCUT2D eigenvalue weighted by Crippen LogP contribution is -2.27. The van der Waals surface area contributed by atoms with Gasteiger partial charge < -0.3 is 10.6 Å². The second-order valence-corrected chi connectivity index (χ2v) is 5.21. The van der Waals surface area contributed by atoms with E-state index in [2.05, 4.69) is 20.6 Å². The summed E-state index contributed by atoms with van der Waals surface area (Å²) in [6, 6.07) is 10.1. The van der Waals surface area contributed by atoms with E-state index in [4.69, 9.17) is 0 Å². The lowest BCUT2D eigenvalue weighted by atomic mass is 10.1. The number of aromatic nitrogens is 2. The Labute approximate surface area is 136 Å². The number of nitrogens with one attached hydrogen (secondary N) is 2. The third-order valence-corrected chi connectivity index (χ3v) is 3.56. The van der Waals surface area contributed by atoms with Gasteiger partial charge in [-0.3, -0.25) is 4.79 Å². The normalized spacial score (nSPS) is 16.8. The molecule has 2 heterocycles. The topological polar surface area (TPSA) is 66.9 Å². The second-order valence-electron chi connectivity index (χ2n) is 5.21. The molecule has 1 fully saturated rings. The molecule has 0 bridgehead atoms. The molecule has 22 heavy (non-hydrogen) atoms. The third kappa shape index (κ3) is 4.26. The average molecular weight is 319 g/mol. The fourth-order valence-corrected chi connectivity index (χ4v) is 2.50. The highest BCUT2D eigenvalue weighted by molar-refractivity contribution is 5.90. The Morgan fingerprint density at radius 1 is 1.23 bits per heavy atom. The molecule has 116 valence electrons. The fourth-order valence-electron chi connectivity index (χ4n) is 2.50. The highest BCUT2D eigenvalue weighted by Crippen LogP contribution is 2.15. The Balaban J connectivity index is 0.00000176. The SMILES string of the molecule is Cl.O=C(CC1CCCN1)Nc1cnc(-c2ccccc2)nc1. The van der Waals surface area contributed by atoms with Crippen molar-refractivity contribution in [3.8, 4) is 11.4 Å². The Morgan fingerprint density at radius 2 is 1.95 bits per heavy atom. The van der Waals surface area contributed by atoms with E-state index < -0.39 is 0 Å². The first-order valence-corrected chi connectivity index (χ1v) is 7.22. The maximum absolute atomic E-state index is 11.9. The first-order chi connectivity index (χ1) is 10.3. The quantitative estimate of drug-likeness (QED) is 0.909. The molecule has 1 unspecified atom stereocenters. The van der Waals surface area contributed by atoms with Crippen LogP contribution in [0.1, 0.15) is 19.3 Å². The van der Waals surface area contributed by atoms with Crippen molar-refractivity contribution in [2.45, 2.75) is 25.3 Å². The van der Waals surface area contributed by atoms with Gasteiger partial charge in [-0.1, -0.05) is 30.3 Å². The predicted molar refractivity (Wildman–Crippen MR) is 89.0 cm³/mol. The van der Waals surface area contributed by atoms with Crippen molar-refractivity contribution < 1.29 is 4.79 Å². The number of nitrogens with zero attached hydrogens (tertiary/aromatic N) is 2. The lowest BCUT2D eigenvalue weighted by molar-refractivity contribution is -0.116. The Morgan fingerprint density at radius 3 is 2.59 bits per heavy atom. The van der Waals surface area contributed by atoms with Crippen molar-refractivity contribution in [2.24, 2.45) is 0 Å². The highest BCUT2D eigenvalue weighted by atomic mass is 35.5. The molecule has 2 N–H and O–H groups in total. The molecular weight excluding hydrogens is 300 g/mol. The van der Waals surface area contributed by atoms with Crippen LogP contribution in [0.2, 0.25) is 0 Å². The molecule has 2 aromatic rings. The summed E-state index contributed by atoms with van der Waals surface area (Å²) in [5, 5.41) is 6.16. The summed E-state index contributed by atoms with van der Waals surface area (Å²) >= 11 is 0. The van der Waals surface area contributed by atoms with E-state index in [1.54, 1.807) is 12.4 Å². The van der Waals surface area contributed by atoms with Crippen LogP contribution in [0.15, 0.2) is 42.7 Å². The standard InChI is InChI=1S/C16H18N4O.ClH/c21-15(9-13-7-4-8-17-13)20-14-10-18-16(19-11-14)12-5-2-1-3-6-12;/h1-3,5-6,10-11,13,17H,4,7-9H2,(H,20,21);1H.